The zero-order valence-electron chi connectivity index (χ0n) is 15.1. The number of ether oxygens (including phenoxy) is 1. The number of carbonyl (C=O) groups is 1. The van der Waals surface area contributed by atoms with Crippen LogP contribution in [-0.2, 0) is 21.6 Å². The predicted molar refractivity (Wildman–Crippen MR) is 101 cm³/mol. The van der Waals surface area contributed by atoms with E-state index in [0.29, 0.717) is 26.2 Å². The van der Waals surface area contributed by atoms with E-state index in [-0.39, 0.29) is 11.4 Å². The highest BCUT2D eigenvalue weighted by molar-refractivity contribution is 5.91. The maximum atomic E-state index is 12.7. The van der Waals surface area contributed by atoms with Crippen molar-refractivity contribution in [3.63, 3.8) is 0 Å². The van der Waals surface area contributed by atoms with E-state index in [4.69, 9.17) is 4.74 Å². The molecule has 7 heteroatoms. The summed E-state index contributed by atoms with van der Waals surface area (Å²) < 4.78 is 9.45. The number of hydrogen-bond acceptors (Lipinski definition) is 4. The summed E-state index contributed by atoms with van der Waals surface area (Å²) in [6, 6.07) is 11.8. The molecule has 1 amide bonds. The Morgan fingerprint density at radius 3 is 2.56 bits per heavy atom. The minimum atomic E-state index is -0.209. The molecule has 27 heavy (non-hydrogen) atoms. The van der Waals surface area contributed by atoms with Crippen LogP contribution in [0.4, 0.5) is 5.69 Å². The van der Waals surface area contributed by atoms with Crippen LogP contribution in [-0.4, -0.2) is 38.5 Å². The van der Waals surface area contributed by atoms with Crippen molar-refractivity contribution < 1.29 is 9.53 Å². The molecule has 1 fully saturated rings. The summed E-state index contributed by atoms with van der Waals surface area (Å²) in [6.07, 6.45) is 9.40. The number of aromatic nitrogens is 4. The average Bonchev–Trinajstić information content (AvgIpc) is 3.38. The highest BCUT2D eigenvalue weighted by Gasteiger charge is 2.36. The zero-order valence-corrected chi connectivity index (χ0v) is 15.1. The third-order valence-electron chi connectivity index (χ3n) is 5.11. The van der Waals surface area contributed by atoms with E-state index < -0.39 is 0 Å². The molecule has 0 saturated carbocycles. The highest BCUT2D eigenvalue weighted by atomic mass is 16.5. The summed E-state index contributed by atoms with van der Waals surface area (Å²) in [4.78, 5) is 16.7. The first-order valence-electron chi connectivity index (χ1n) is 9.16. The molecule has 1 N–H and O–H groups in total. The standard InChI is InChI=1S/C20H23N5O2/c26-19(13-20(7-11-27-12-8-20)24-9-1-2-10-24)23-18-5-3-17(4-6-18)14-25-16-21-15-22-25/h1-6,9-10,15-16H,7-8,11-14H2,(H,23,26). The summed E-state index contributed by atoms with van der Waals surface area (Å²) in [5.74, 6) is 0.0228. The third-order valence-corrected chi connectivity index (χ3v) is 5.11. The second-order valence-corrected chi connectivity index (χ2v) is 6.94. The normalized spacial score (nSPS) is 16.1. The van der Waals surface area contributed by atoms with E-state index >= 15 is 0 Å². The second kappa shape index (κ2) is 7.75. The number of anilines is 1. The molecule has 1 aliphatic rings. The molecule has 1 saturated heterocycles. The molecule has 0 unspecified atom stereocenters. The Labute approximate surface area is 158 Å². The van der Waals surface area contributed by atoms with Crippen LogP contribution in [0.2, 0.25) is 0 Å². The van der Waals surface area contributed by atoms with Gasteiger partial charge in [-0.05, 0) is 42.7 Å². The number of nitrogens with one attached hydrogen (secondary N) is 1. The highest BCUT2D eigenvalue weighted by Crippen LogP contribution is 2.33. The van der Waals surface area contributed by atoms with Crippen molar-refractivity contribution in [1.29, 1.82) is 0 Å². The largest absolute Gasteiger partial charge is 0.381 e. The Bertz CT molecular complexity index is 850. The van der Waals surface area contributed by atoms with Crippen LogP contribution in [0.3, 0.4) is 0 Å². The number of amides is 1. The molecule has 2 aromatic heterocycles. The molecule has 1 aliphatic heterocycles. The fourth-order valence-electron chi connectivity index (χ4n) is 3.63. The number of rotatable bonds is 6. The minimum absolute atomic E-state index is 0.0228. The first-order chi connectivity index (χ1) is 13.2. The summed E-state index contributed by atoms with van der Waals surface area (Å²) in [6.45, 7) is 2.02. The SMILES string of the molecule is O=C(CC1(n2cccc2)CCOCC1)Nc1ccc(Cn2cncn2)cc1. The van der Waals surface area contributed by atoms with E-state index in [1.165, 1.54) is 6.33 Å². The number of hydrogen-bond donors (Lipinski definition) is 1. The smallest absolute Gasteiger partial charge is 0.226 e. The molecule has 1 aromatic carbocycles. The molecule has 3 heterocycles. The topological polar surface area (TPSA) is 74.0 Å². The zero-order chi connectivity index (χ0) is 18.5. The van der Waals surface area contributed by atoms with Gasteiger partial charge in [0.2, 0.25) is 5.91 Å². The summed E-state index contributed by atoms with van der Waals surface area (Å²) in [5, 5.41) is 7.14. The van der Waals surface area contributed by atoms with Crippen LogP contribution in [0, 0.1) is 0 Å². The van der Waals surface area contributed by atoms with Gasteiger partial charge in [-0.1, -0.05) is 12.1 Å². The molecule has 140 valence electrons. The maximum absolute atomic E-state index is 12.7. The van der Waals surface area contributed by atoms with Crippen LogP contribution in [0.25, 0.3) is 0 Å². The molecule has 0 aliphatic carbocycles. The molecule has 0 radical (unpaired) electrons. The van der Waals surface area contributed by atoms with Gasteiger partial charge in [-0.15, -0.1) is 0 Å². The number of benzene rings is 1. The van der Waals surface area contributed by atoms with Gasteiger partial charge in [0.05, 0.1) is 18.5 Å². The lowest BCUT2D eigenvalue weighted by atomic mass is 9.86. The van der Waals surface area contributed by atoms with Gasteiger partial charge < -0.3 is 14.6 Å². The van der Waals surface area contributed by atoms with Crippen molar-refractivity contribution in [1.82, 2.24) is 19.3 Å². The summed E-state index contributed by atoms with van der Waals surface area (Å²) >= 11 is 0. The Morgan fingerprint density at radius 2 is 1.89 bits per heavy atom. The van der Waals surface area contributed by atoms with E-state index in [9.17, 15) is 4.79 Å². The van der Waals surface area contributed by atoms with Crippen molar-refractivity contribution >= 4 is 11.6 Å². The Morgan fingerprint density at radius 1 is 1.15 bits per heavy atom. The number of carbonyl (C=O) groups excluding carboxylic acids is 1. The number of nitrogens with zero attached hydrogens (tertiary/aromatic N) is 4. The van der Waals surface area contributed by atoms with Gasteiger partial charge >= 0.3 is 0 Å². The Balaban J connectivity index is 1.40. The van der Waals surface area contributed by atoms with Crippen molar-refractivity contribution in [3.05, 3.63) is 67.0 Å². The molecule has 0 spiro atoms. The predicted octanol–water partition coefficient (Wildman–Crippen LogP) is 2.66. The van der Waals surface area contributed by atoms with Crippen LogP contribution in [0.1, 0.15) is 24.8 Å². The van der Waals surface area contributed by atoms with Gasteiger partial charge in [-0.3, -0.25) is 4.79 Å². The fraction of sp³-hybridized carbons (Fsp3) is 0.350. The quantitative estimate of drug-likeness (QED) is 0.729. The molecular formula is C20H23N5O2. The van der Waals surface area contributed by atoms with Crippen molar-refractivity contribution in [2.45, 2.75) is 31.3 Å². The molecule has 4 rings (SSSR count). The van der Waals surface area contributed by atoms with Gasteiger partial charge in [0, 0.05) is 31.3 Å². The lowest BCUT2D eigenvalue weighted by Gasteiger charge is -2.38. The summed E-state index contributed by atoms with van der Waals surface area (Å²) in [5.41, 5.74) is 1.70. The Hall–Kier alpha value is -2.93. The monoisotopic (exact) mass is 365 g/mol. The lowest BCUT2D eigenvalue weighted by molar-refractivity contribution is -0.119. The van der Waals surface area contributed by atoms with Crippen molar-refractivity contribution in [2.24, 2.45) is 0 Å². The molecular weight excluding hydrogens is 342 g/mol. The maximum Gasteiger partial charge on any atom is 0.226 e. The molecule has 3 aromatic rings. The lowest BCUT2D eigenvalue weighted by Crippen LogP contribution is -2.42. The molecule has 0 atom stereocenters. The molecule has 7 nitrogen and oxygen atoms in total. The first-order valence-corrected chi connectivity index (χ1v) is 9.16. The Kier molecular flexibility index (Phi) is 5.02. The summed E-state index contributed by atoms with van der Waals surface area (Å²) in [7, 11) is 0. The average molecular weight is 365 g/mol. The van der Waals surface area contributed by atoms with Gasteiger partial charge in [-0.25, -0.2) is 9.67 Å². The van der Waals surface area contributed by atoms with Crippen LogP contribution < -0.4 is 5.32 Å². The third kappa shape index (κ3) is 4.09. The van der Waals surface area contributed by atoms with Crippen LogP contribution >= 0.6 is 0 Å². The minimum Gasteiger partial charge on any atom is -0.381 e. The van der Waals surface area contributed by atoms with Gasteiger partial charge in [-0.2, -0.15) is 5.10 Å². The second-order valence-electron chi connectivity index (χ2n) is 6.94. The van der Waals surface area contributed by atoms with Gasteiger partial charge in [0.1, 0.15) is 12.7 Å². The van der Waals surface area contributed by atoms with Crippen LogP contribution in [0.15, 0.2) is 61.4 Å². The van der Waals surface area contributed by atoms with Crippen molar-refractivity contribution in [3.8, 4) is 0 Å². The van der Waals surface area contributed by atoms with E-state index in [1.54, 1.807) is 11.0 Å². The molecule has 0 bridgehead atoms. The van der Waals surface area contributed by atoms with E-state index in [2.05, 4.69) is 20.0 Å². The van der Waals surface area contributed by atoms with Crippen LogP contribution in [0.5, 0.6) is 0 Å². The first kappa shape index (κ1) is 17.5. The van der Waals surface area contributed by atoms with E-state index in [1.807, 2.05) is 48.8 Å². The fourth-order valence-corrected chi connectivity index (χ4v) is 3.63. The van der Waals surface area contributed by atoms with Gasteiger partial charge in [0.15, 0.2) is 0 Å². The van der Waals surface area contributed by atoms with Crippen molar-refractivity contribution in [2.75, 3.05) is 18.5 Å². The van der Waals surface area contributed by atoms with E-state index in [0.717, 1.165) is 24.1 Å². The van der Waals surface area contributed by atoms with Gasteiger partial charge in [0.25, 0.3) is 0 Å².